The molecule has 1 heterocycles. The minimum Gasteiger partial charge on any atom is -0.376 e. The van der Waals surface area contributed by atoms with Crippen molar-refractivity contribution in [2.75, 3.05) is 26.5 Å². The van der Waals surface area contributed by atoms with Gasteiger partial charge in [-0.2, -0.15) is 0 Å². The van der Waals surface area contributed by atoms with E-state index in [9.17, 15) is 8.42 Å². The molecule has 0 radical (unpaired) electrons. The van der Waals surface area contributed by atoms with Crippen LogP contribution in [0.1, 0.15) is 24.0 Å². The lowest BCUT2D eigenvalue weighted by atomic mass is 10.1. The molecule has 1 aromatic carbocycles. The Bertz CT molecular complexity index is 626. The number of aliphatic imine (C=N–C) groups is 1. The number of benzene rings is 1. The smallest absolute Gasteiger partial charge is 0.191 e. The molecule has 6 nitrogen and oxygen atoms in total. The van der Waals surface area contributed by atoms with Crippen LogP contribution in [0, 0.1) is 0 Å². The minimum absolute atomic E-state index is 0. The van der Waals surface area contributed by atoms with Crippen molar-refractivity contribution in [3.63, 3.8) is 0 Å². The van der Waals surface area contributed by atoms with Crippen molar-refractivity contribution >= 4 is 39.8 Å². The van der Waals surface area contributed by atoms with E-state index in [1.54, 1.807) is 7.05 Å². The Labute approximate surface area is 161 Å². The first kappa shape index (κ1) is 21.2. The van der Waals surface area contributed by atoms with E-state index in [-0.39, 0.29) is 35.8 Å². The molecule has 0 aromatic heterocycles. The molecular weight excluding hydrogens is 441 g/mol. The summed E-state index contributed by atoms with van der Waals surface area (Å²) in [6.07, 6.45) is 3.72. The molecule has 1 atom stereocenters. The summed E-state index contributed by atoms with van der Waals surface area (Å²) in [6, 6.07) is 7.56. The number of halogens is 1. The van der Waals surface area contributed by atoms with Gasteiger partial charge >= 0.3 is 0 Å². The zero-order valence-electron chi connectivity index (χ0n) is 14.1. The Morgan fingerprint density at radius 1 is 1.25 bits per heavy atom. The molecule has 1 saturated heterocycles. The number of hydrogen-bond donors (Lipinski definition) is 2. The van der Waals surface area contributed by atoms with Crippen LogP contribution in [0.25, 0.3) is 0 Å². The predicted molar refractivity (Wildman–Crippen MR) is 108 cm³/mol. The SMILES string of the molecule is CN=C(NCc1ccc(CS(C)(=O)=O)cc1)NCC1CCCO1.I. The number of guanidine groups is 1. The van der Waals surface area contributed by atoms with Gasteiger partial charge in [0.15, 0.2) is 15.8 Å². The van der Waals surface area contributed by atoms with Gasteiger partial charge in [0.2, 0.25) is 0 Å². The van der Waals surface area contributed by atoms with Crippen LogP contribution >= 0.6 is 24.0 Å². The molecule has 0 saturated carbocycles. The van der Waals surface area contributed by atoms with Crippen molar-refractivity contribution in [3.8, 4) is 0 Å². The molecule has 1 aliphatic rings. The third-order valence-corrected chi connectivity index (χ3v) is 4.51. The molecule has 0 amide bonds. The quantitative estimate of drug-likeness (QED) is 0.378. The second-order valence-corrected chi connectivity index (χ2v) is 7.97. The second kappa shape index (κ2) is 10.2. The van der Waals surface area contributed by atoms with Gasteiger partial charge in [0, 0.05) is 33.0 Å². The van der Waals surface area contributed by atoms with E-state index >= 15 is 0 Å². The lowest BCUT2D eigenvalue weighted by Crippen LogP contribution is -2.40. The van der Waals surface area contributed by atoms with Crippen LogP contribution in [0.2, 0.25) is 0 Å². The van der Waals surface area contributed by atoms with Crippen LogP contribution in [0.4, 0.5) is 0 Å². The molecule has 2 N–H and O–H groups in total. The van der Waals surface area contributed by atoms with Gasteiger partial charge in [-0.1, -0.05) is 24.3 Å². The molecule has 0 bridgehead atoms. The fraction of sp³-hybridized carbons (Fsp3) is 0.562. The van der Waals surface area contributed by atoms with Gasteiger partial charge in [-0.15, -0.1) is 24.0 Å². The monoisotopic (exact) mass is 467 g/mol. The van der Waals surface area contributed by atoms with Crippen LogP contribution in [0.5, 0.6) is 0 Å². The summed E-state index contributed by atoms with van der Waals surface area (Å²) in [7, 11) is -1.26. The zero-order chi connectivity index (χ0) is 16.7. The highest BCUT2D eigenvalue weighted by Crippen LogP contribution is 2.10. The number of sulfone groups is 1. The van der Waals surface area contributed by atoms with Crippen molar-refractivity contribution in [1.82, 2.24) is 10.6 Å². The lowest BCUT2D eigenvalue weighted by molar-refractivity contribution is 0.114. The molecular formula is C16H26IN3O3S. The summed E-state index contributed by atoms with van der Waals surface area (Å²) in [5.41, 5.74) is 1.87. The largest absolute Gasteiger partial charge is 0.376 e. The van der Waals surface area contributed by atoms with Gasteiger partial charge in [-0.25, -0.2) is 8.42 Å². The molecule has 1 aliphatic heterocycles. The first-order valence-electron chi connectivity index (χ1n) is 7.78. The van der Waals surface area contributed by atoms with Crippen LogP contribution in [0.3, 0.4) is 0 Å². The van der Waals surface area contributed by atoms with E-state index in [0.717, 1.165) is 43.1 Å². The van der Waals surface area contributed by atoms with Crippen molar-refractivity contribution < 1.29 is 13.2 Å². The maximum Gasteiger partial charge on any atom is 0.191 e. The maximum absolute atomic E-state index is 11.3. The summed E-state index contributed by atoms with van der Waals surface area (Å²) >= 11 is 0. The number of nitrogens with zero attached hydrogens (tertiary/aromatic N) is 1. The third kappa shape index (κ3) is 7.80. The van der Waals surface area contributed by atoms with Gasteiger partial charge in [0.05, 0.1) is 11.9 Å². The van der Waals surface area contributed by atoms with Crippen molar-refractivity contribution in [2.24, 2.45) is 4.99 Å². The van der Waals surface area contributed by atoms with Crippen molar-refractivity contribution in [3.05, 3.63) is 35.4 Å². The molecule has 1 fully saturated rings. The fourth-order valence-electron chi connectivity index (χ4n) is 2.48. The van der Waals surface area contributed by atoms with Gasteiger partial charge < -0.3 is 15.4 Å². The molecule has 0 spiro atoms. The van der Waals surface area contributed by atoms with Crippen LogP contribution in [-0.4, -0.2) is 46.9 Å². The van der Waals surface area contributed by atoms with Gasteiger partial charge in [0.1, 0.15) is 0 Å². The highest BCUT2D eigenvalue weighted by Gasteiger charge is 2.15. The first-order valence-corrected chi connectivity index (χ1v) is 9.84. The topological polar surface area (TPSA) is 79.8 Å². The zero-order valence-corrected chi connectivity index (χ0v) is 17.3. The Morgan fingerprint density at radius 2 is 1.92 bits per heavy atom. The third-order valence-electron chi connectivity index (χ3n) is 3.66. The lowest BCUT2D eigenvalue weighted by Gasteiger charge is -2.15. The predicted octanol–water partition coefficient (Wildman–Crippen LogP) is 1.69. The number of rotatable bonds is 6. The van der Waals surface area contributed by atoms with E-state index in [0.29, 0.717) is 6.54 Å². The Hall–Kier alpha value is -0.870. The van der Waals surface area contributed by atoms with E-state index < -0.39 is 9.84 Å². The van der Waals surface area contributed by atoms with Crippen molar-refractivity contribution in [2.45, 2.75) is 31.2 Å². The van der Waals surface area contributed by atoms with Gasteiger partial charge in [-0.05, 0) is 24.0 Å². The van der Waals surface area contributed by atoms with E-state index in [2.05, 4.69) is 15.6 Å². The van der Waals surface area contributed by atoms with Gasteiger partial charge in [0.25, 0.3) is 0 Å². The number of nitrogens with one attached hydrogen (secondary N) is 2. The Kier molecular flexibility index (Phi) is 8.99. The summed E-state index contributed by atoms with van der Waals surface area (Å²) in [5, 5.41) is 6.50. The van der Waals surface area contributed by atoms with E-state index in [1.165, 1.54) is 6.26 Å². The Balaban J connectivity index is 0.00000288. The van der Waals surface area contributed by atoms with E-state index in [4.69, 9.17) is 4.74 Å². The fourth-order valence-corrected chi connectivity index (χ4v) is 3.28. The average Bonchev–Trinajstić information content (AvgIpc) is 3.01. The molecule has 0 aliphatic carbocycles. The minimum atomic E-state index is -2.99. The average molecular weight is 467 g/mol. The first-order chi connectivity index (χ1) is 11.0. The molecule has 24 heavy (non-hydrogen) atoms. The van der Waals surface area contributed by atoms with Crippen LogP contribution in [-0.2, 0) is 26.9 Å². The highest BCUT2D eigenvalue weighted by molar-refractivity contribution is 14.0. The molecule has 8 heteroatoms. The molecule has 1 unspecified atom stereocenters. The number of hydrogen-bond acceptors (Lipinski definition) is 4. The molecule has 1 aromatic rings. The standard InChI is InChI=1S/C16H25N3O3S.HI/c1-17-16(19-11-15-4-3-9-22-15)18-10-13-5-7-14(8-6-13)12-23(2,20)21;/h5-8,15H,3-4,9-12H2,1-2H3,(H2,17,18,19);1H. The normalized spacial score (nSPS) is 18.1. The summed E-state index contributed by atoms with van der Waals surface area (Å²) < 4.78 is 28.1. The highest BCUT2D eigenvalue weighted by atomic mass is 127. The van der Waals surface area contributed by atoms with Gasteiger partial charge in [-0.3, -0.25) is 4.99 Å². The maximum atomic E-state index is 11.3. The van der Waals surface area contributed by atoms with Crippen molar-refractivity contribution in [1.29, 1.82) is 0 Å². The Morgan fingerprint density at radius 3 is 2.46 bits per heavy atom. The summed E-state index contributed by atoms with van der Waals surface area (Å²) in [4.78, 5) is 4.19. The second-order valence-electron chi connectivity index (χ2n) is 5.83. The summed E-state index contributed by atoms with van der Waals surface area (Å²) in [5.74, 6) is 0.811. The van der Waals surface area contributed by atoms with Crippen LogP contribution in [0.15, 0.2) is 29.3 Å². The number of ether oxygens (including phenoxy) is 1. The van der Waals surface area contributed by atoms with E-state index in [1.807, 2.05) is 24.3 Å². The molecule has 136 valence electrons. The summed E-state index contributed by atoms with van der Waals surface area (Å²) in [6.45, 7) is 2.23. The molecule has 2 rings (SSSR count). The van der Waals surface area contributed by atoms with Crippen LogP contribution < -0.4 is 10.6 Å².